The molecule has 1 aromatic carbocycles. The molecule has 2 rings (SSSR count). The Labute approximate surface area is 143 Å². The van der Waals surface area contributed by atoms with E-state index >= 15 is 0 Å². The molecule has 3 amide bonds. The number of benzene rings is 1. The van der Waals surface area contributed by atoms with Crippen molar-refractivity contribution >= 4 is 11.9 Å². The van der Waals surface area contributed by atoms with E-state index in [4.69, 9.17) is 4.74 Å². The molecule has 1 saturated heterocycles. The molecule has 0 spiro atoms. The summed E-state index contributed by atoms with van der Waals surface area (Å²) in [5, 5.41) is 5.88. The zero-order valence-corrected chi connectivity index (χ0v) is 14.5. The van der Waals surface area contributed by atoms with E-state index in [2.05, 4.69) is 10.6 Å². The molecule has 2 N–H and O–H groups in total. The van der Waals surface area contributed by atoms with Crippen LogP contribution in [0.5, 0.6) is 5.75 Å². The van der Waals surface area contributed by atoms with E-state index in [0.717, 1.165) is 30.7 Å². The van der Waals surface area contributed by atoms with Crippen LogP contribution < -0.4 is 15.4 Å². The average Bonchev–Trinajstić information content (AvgIpc) is 2.64. The number of methoxy groups -OCH3 is 1. The van der Waals surface area contributed by atoms with Gasteiger partial charge in [-0.15, -0.1) is 0 Å². The number of amides is 3. The van der Waals surface area contributed by atoms with E-state index in [9.17, 15) is 9.59 Å². The first-order valence-corrected chi connectivity index (χ1v) is 8.54. The van der Waals surface area contributed by atoms with Crippen molar-refractivity contribution in [3.8, 4) is 5.75 Å². The van der Waals surface area contributed by atoms with Crippen LogP contribution in [0.2, 0.25) is 0 Å². The second kappa shape index (κ2) is 9.15. The summed E-state index contributed by atoms with van der Waals surface area (Å²) in [5.74, 6) is 1.18. The fraction of sp³-hybridized carbons (Fsp3) is 0.556. The van der Waals surface area contributed by atoms with Gasteiger partial charge in [0.1, 0.15) is 5.75 Å². The molecular weight excluding hydrogens is 306 g/mol. The van der Waals surface area contributed by atoms with Crippen molar-refractivity contribution in [2.45, 2.75) is 32.7 Å². The van der Waals surface area contributed by atoms with Gasteiger partial charge in [0.15, 0.2) is 0 Å². The molecule has 1 fully saturated rings. The van der Waals surface area contributed by atoms with Crippen LogP contribution in [0.3, 0.4) is 0 Å². The van der Waals surface area contributed by atoms with Crippen LogP contribution in [0, 0.1) is 5.92 Å². The summed E-state index contributed by atoms with van der Waals surface area (Å²) in [4.78, 5) is 25.6. The highest BCUT2D eigenvalue weighted by molar-refractivity contribution is 5.75. The summed E-state index contributed by atoms with van der Waals surface area (Å²) in [6.45, 7) is 4.42. The van der Waals surface area contributed by atoms with Gasteiger partial charge in [-0.25, -0.2) is 4.79 Å². The first-order valence-electron chi connectivity index (χ1n) is 8.54. The number of carbonyl (C=O) groups excluding carboxylic acids is 2. The minimum Gasteiger partial charge on any atom is -0.497 e. The third-order valence-corrected chi connectivity index (χ3v) is 4.29. The Kier molecular flexibility index (Phi) is 6.90. The molecule has 1 aliphatic heterocycles. The number of ether oxygens (including phenoxy) is 1. The van der Waals surface area contributed by atoms with Crippen LogP contribution >= 0.6 is 0 Å². The van der Waals surface area contributed by atoms with Crippen LogP contribution in [0.25, 0.3) is 0 Å². The number of nitrogens with zero attached hydrogens (tertiary/aromatic N) is 1. The number of hydrogen-bond donors (Lipinski definition) is 2. The normalized spacial score (nSPS) is 17.2. The van der Waals surface area contributed by atoms with Gasteiger partial charge in [0, 0.05) is 32.6 Å². The maximum Gasteiger partial charge on any atom is 0.317 e. The molecule has 1 unspecified atom stereocenters. The highest BCUT2D eigenvalue weighted by Gasteiger charge is 2.23. The maximum atomic E-state index is 12.4. The Morgan fingerprint density at radius 2 is 2.17 bits per heavy atom. The predicted molar refractivity (Wildman–Crippen MR) is 92.8 cm³/mol. The van der Waals surface area contributed by atoms with Crippen molar-refractivity contribution in [3.05, 3.63) is 29.8 Å². The van der Waals surface area contributed by atoms with E-state index in [-0.39, 0.29) is 11.9 Å². The summed E-state index contributed by atoms with van der Waals surface area (Å²) >= 11 is 0. The number of carbonyl (C=O) groups is 2. The number of piperidine rings is 1. The lowest BCUT2D eigenvalue weighted by Crippen LogP contribution is -2.47. The summed E-state index contributed by atoms with van der Waals surface area (Å²) in [6.07, 6.45) is 2.51. The fourth-order valence-corrected chi connectivity index (χ4v) is 2.87. The molecular formula is C18H27N3O3. The second-order valence-corrected chi connectivity index (χ2v) is 6.12. The molecule has 6 heteroatoms. The Hall–Kier alpha value is -2.24. The third kappa shape index (κ3) is 5.44. The number of likely N-dealkylation sites (tertiary alicyclic amines) is 1. The minimum atomic E-state index is -0.0515. The van der Waals surface area contributed by atoms with E-state index < -0.39 is 0 Å². The average molecular weight is 333 g/mol. The number of rotatable bonds is 6. The zero-order chi connectivity index (χ0) is 17.4. The van der Waals surface area contributed by atoms with Gasteiger partial charge >= 0.3 is 6.03 Å². The van der Waals surface area contributed by atoms with Gasteiger partial charge in [-0.2, -0.15) is 0 Å². The standard InChI is InChI=1S/C18H27N3O3/c1-3-17(22)19-12-15-7-5-9-21(13-15)18(23)20-11-14-6-4-8-16(10-14)24-2/h4,6,8,10,15H,3,5,7,9,11-13H2,1-2H3,(H,19,22)(H,20,23). The third-order valence-electron chi connectivity index (χ3n) is 4.29. The SMILES string of the molecule is CCC(=O)NCC1CCCN(C(=O)NCc2cccc(OC)c2)C1. The summed E-state index contributed by atoms with van der Waals surface area (Å²) in [7, 11) is 1.63. The Morgan fingerprint density at radius 1 is 1.33 bits per heavy atom. The van der Waals surface area contributed by atoms with Gasteiger partial charge in [-0.1, -0.05) is 19.1 Å². The van der Waals surface area contributed by atoms with Crippen molar-refractivity contribution in [3.63, 3.8) is 0 Å². The van der Waals surface area contributed by atoms with Gasteiger partial charge in [0.05, 0.1) is 7.11 Å². The molecule has 0 aromatic heterocycles. The number of urea groups is 1. The first-order chi connectivity index (χ1) is 11.6. The lowest BCUT2D eigenvalue weighted by molar-refractivity contribution is -0.121. The predicted octanol–water partition coefficient (Wildman–Crippen LogP) is 2.14. The zero-order valence-electron chi connectivity index (χ0n) is 14.5. The number of nitrogens with one attached hydrogen (secondary N) is 2. The highest BCUT2D eigenvalue weighted by atomic mass is 16.5. The maximum absolute atomic E-state index is 12.4. The molecule has 1 aliphatic rings. The molecule has 1 aromatic rings. The van der Waals surface area contributed by atoms with Crippen LogP contribution in [-0.4, -0.2) is 43.6 Å². The van der Waals surface area contributed by atoms with Gasteiger partial charge < -0.3 is 20.3 Å². The molecule has 1 heterocycles. The van der Waals surface area contributed by atoms with Gasteiger partial charge in [-0.3, -0.25) is 4.79 Å². The smallest absolute Gasteiger partial charge is 0.317 e. The Morgan fingerprint density at radius 3 is 2.92 bits per heavy atom. The van der Waals surface area contributed by atoms with Gasteiger partial charge in [0.2, 0.25) is 5.91 Å². The molecule has 0 radical (unpaired) electrons. The van der Waals surface area contributed by atoms with E-state index in [1.807, 2.05) is 36.1 Å². The molecule has 6 nitrogen and oxygen atoms in total. The molecule has 0 saturated carbocycles. The van der Waals surface area contributed by atoms with E-state index in [1.54, 1.807) is 7.11 Å². The molecule has 24 heavy (non-hydrogen) atoms. The van der Waals surface area contributed by atoms with Crippen LogP contribution in [0.15, 0.2) is 24.3 Å². The molecule has 0 bridgehead atoms. The summed E-state index contributed by atoms with van der Waals surface area (Å²) in [5.41, 5.74) is 1.01. The van der Waals surface area contributed by atoms with Crippen molar-refractivity contribution in [1.29, 1.82) is 0 Å². The number of hydrogen-bond acceptors (Lipinski definition) is 3. The Balaban J connectivity index is 1.79. The van der Waals surface area contributed by atoms with Crippen molar-refractivity contribution in [2.75, 3.05) is 26.7 Å². The minimum absolute atomic E-state index is 0.0515. The highest BCUT2D eigenvalue weighted by Crippen LogP contribution is 2.16. The fourth-order valence-electron chi connectivity index (χ4n) is 2.87. The van der Waals surface area contributed by atoms with Gasteiger partial charge in [0.25, 0.3) is 0 Å². The summed E-state index contributed by atoms with van der Waals surface area (Å²) in [6, 6.07) is 7.62. The second-order valence-electron chi connectivity index (χ2n) is 6.12. The van der Waals surface area contributed by atoms with E-state index in [0.29, 0.717) is 32.0 Å². The van der Waals surface area contributed by atoms with E-state index in [1.165, 1.54) is 0 Å². The molecule has 1 atom stereocenters. The molecule has 0 aliphatic carbocycles. The topological polar surface area (TPSA) is 70.7 Å². The largest absolute Gasteiger partial charge is 0.497 e. The van der Waals surface area contributed by atoms with Crippen molar-refractivity contribution in [2.24, 2.45) is 5.92 Å². The lowest BCUT2D eigenvalue weighted by atomic mass is 9.98. The lowest BCUT2D eigenvalue weighted by Gasteiger charge is -2.32. The summed E-state index contributed by atoms with van der Waals surface area (Å²) < 4.78 is 5.19. The quantitative estimate of drug-likeness (QED) is 0.838. The monoisotopic (exact) mass is 333 g/mol. The van der Waals surface area contributed by atoms with Crippen molar-refractivity contribution in [1.82, 2.24) is 15.5 Å². The van der Waals surface area contributed by atoms with Crippen LogP contribution in [-0.2, 0) is 11.3 Å². The first kappa shape index (κ1) is 18.1. The van der Waals surface area contributed by atoms with Gasteiger partial charge in [-0.05, 0) is 36.5 Å². The Bertz CT molecular complexity index is 562. The van der Waals surface area contributed by atoms with Crippen molar-refractivity contribution < 1.29 is 14.3 Å². The molecule has 132 valence electrons. The van der Waals surface area contributed by atoms with Crippen LogP contribution in [0.1, 0.15) is 31.7 Å². The van der Waals surface area contributed by atoms with Crippen LogP contribution in [0.4, 0.5) is 4.79 Å².